The Morgan fingerprint density at radius 1 is 1.50 bits per heavy atom. The van der Waals surface area contributed by atoms with Crippen molar-refractivity contribution in [1.29, 1.82) is 5.26 Å². The number of hydrogen-bond acceptors (Lipinski definition) is 5. The fraction of sp³-hybridized carbons (Fsp3) is 0.750. The maximum atomic E-state index is 11.0. The maximum absolute atomic E-state index is 11.0. The quantitative estimate of drug-likeness (QED) is 0.499. The summed E-state index contributed by atoms with van der Waals surface area (Å²) < 4.78 is 26.5. The molecule has 5 nitrogen and oxygen atoms in total. The Morgan fingerprint density at radius 3 is 2.57 bits per heavy atom. The maximum Gasteiger partial charge on any atom is 0.328 e. The van der Waals surface area contributed by atoms with Crippen molar-refractivity contribution in [3.63, 3.8) is 0 Å². The second-order valence-corrected chi connectivity index (χ2v) is 4.35. The largest absolute Gasteiger partial charge is 0.328 e. The third-order valence-corrected chi connectivity index (χ3v) is 2.64. The molecule has 0 fully saturated rings. The molecule has 0 aromatic rings. The fourth-order valence-electron chi connectivity index (χ4n) is 0.710. The SMILES string of the molecule is CCCS(=O)(=O)ON=C(CC)CC#N. The Balaban J connectivity index is 4.32. The summed E-state index contributed by atoms with van der Waals surface area (Å²) in [6.45, 7) is 3.52. The third-order valence-electron chi connectivity index (χ3n) is 1.43. The standard InChI is InChI=1S/C8H14N2O3S/c1-3-7-14(11,12)13-10-8(4-2)5-6-9/h3-5,7H2,1-2H3. The van der Waals surface area contributed by atoms with Crippen LogP contribution < -0.4 is 0 Å². The first kappa shape index (κ1) is 12.9. The predicted octanol–water partition coefficient (Wildman–Crippen LogP) is 1.42. The number of oxime groups is 1. The molecular weight excluding hydrogens is 204 g/mol. The molecule has 0 aromatic carbocycles. The molecule has 0 amide bonds. The number of nitrogens with zero attached hydrogens (tertiary/aromatic N) is 2. The minimum Gasteiger partial charge on any atom is -0.269 e. The van der Waals surface area contributed by atoms with Gasteiger partial charge in [0.15, 0.2) is 0 Å². The molecule has 0 radical (unpaired) electrons. The van der Waals surface area contributed by atoms with Crippen LogP contribution in [-0.2, 0) is 14.4 Å². The van der Waals surface area contributed by atoms with Gasteiger partial charge in [-0.1, -0.05) is 19.0 Å². The predicted molar refractivity (Wildman–Crippen MR) is 53.1 cm³/mol. The zero-order valence-electron chi connectivity index (χ0n) is 8.36. The van der Waals surface area contributed by atoms with Gasteiger partial charge in [0.2, 0.25) is 0 Å². The van der Waals surface area contributed by atoms with Gasteiger partial charge in [-0.15, -0.1) is 0 Å². The second-order valence-electron chi connectivity index (χ2n) is 2.68. The molecule has 0 saturated carbocycles. The normalized spacial score (nSPS) is 12.2. The van der Waals surface area contributed by atoms with E-state index in [0.717, 1.165) is 0 Å². The number of hydrogen-bond donors (Lipinski definition) is 0. The summed E-state index contributed by atoms with van der Waals surface area (Å²) in [6.07, 6.45) is 1.09. The molecule has 0 heterocycles. The lowest BCUT2D eigenvalue weighted by molar-refractivity contribution is 0.337. The third kappa shape index (κ3) is 5.54. The lowest BCUT2D eigenvalue weighted by Crippen LogP contribution is -2.08. The van der Waals surface area contributed by atoms with E-state index in [9.17, 15) is 8.42 Å². The van der Waals surface area contributed by atoms with Crippen molar-refractivity contribution in [3.8, 4) is 6.07 Å². The Labute approximate surface area is 84.5 Å². The molecule has 0 unspecified atom stereocenters. The van der Waals surface area contributed by atoms with Gasteiger partial charge in [-0.25, -0.2) is 0 Å². The van der Waals surface area contributed by atoms with Crippen LogP contribution in [0.2, 0.25) is 0 Å². The van der Waals surface area contributed by atoms with Gasteiger partial charge in [0, 0.05) is 0 Å². The molecule has 0 bridgehead atoms. The lowest BCUT2D eigenvalue weighted by atomic mass is 10.2. The molecule has 0 spiro atoms. The Morgan fingerprint density at radius 2 is 2.14 bits per heavy atom. The fourth-order valence-corrected chi connectivity index (χ4v) is 1.50. The topological polar surface area (TPSA) is 79.5 Å². The molecule has 14 heavy (non-hydrogen) atoms. The highest BCUT2D eigenvalue weighted by molar-refractivity contribution is 7.86. The van der Waals surface area contributed by atoms with Crippen molar-refractivity contribution >= 4 is 15.8 Å². The molecule has 0 saturated heterocycles. The average molecular weight is 218 g/mol. The highest BCUT2D eigenvalue weighted by Gasteiger charge is 2.09. The molecule has 0 N–H and O–H groups in total. The number of nitriles is 1. The monoisotopic (exact) mass is 218 g/mol. The van der Waals surface area contributed by atoms with E-state index in [1.807, 2.05) is 6.07 Å². The van der Waals surface area contributed by atoms with Gasteiger partial charge in [-0.05, 0) is 12.8 Å². The van der Waals surface area contributed by atoms with Crippen molar-refractivity contribution < 1.29 is 12.7 Å². The Bertz CT molecular complexity index is 327. The minimum atomic E-state index is -3.55. The van der Waals surface area contributed by atoms with Crippen molar-refractivity contribution in [1.82, 2.24) is 0 Å². The first-order valence-electron chi connectivity index (χ1n) is 4.39. The van der Waals surface area contributed by atoms with Crippen LogP contribution in [0.15, 0.2) is 5.16 Å². The van der Waals surface area contributed by atoms with E-state index in [0.29, 0.717) is 18.6 Å². The zero-order chi connectivity index (χ0) is 11.0. The molecule has 0 atom stereocenters. The van der Waals surface area contributed by atoms with Crippen molar-refractivity contribution in [2.24, 2.45) is 5.16 Å². The van der Waals surface area contributed by atoms with E-state index in [4.69, 9.17) is 5.26 Å². The van der Waals surface area contributed by atoms with Crippen LogP contribution >= 0.6 is 0 Å². The van der Waals surface area contributed by atoms with Gasteiger partial charge >= 0.3 is 10.1 Å². The summed E-state index contributed by atoms with van der Waals surface area (Å²) in [5.41, 5.74) is 0.437. The Hall–Kier alpha value is -1.09. The van der Waals surface area contributed by atoms with Crippen molar-refractivity contribution in [3.05, 3.63) is 0 Å². The summed E-state index contributed by atoms with van der Waals surface area (Å²) in [5.74, 6) is -0.0555. The van der Waals surface area contributed by atoms with Crippen molar-refractivity contribution in [2.75, 3.05) is 5.75 Å². The molecule has 0 aromatic heterocycles. The molecule has 0 aliphatic rings. The van der Waals surface area contributed by atoms with Gasteiger partial charge < -0.3 is 0 Å². The molecular formula is C8H14N2O3S. The van der Waals surface area contributed by atoms with Crippen LogP contribution in [0.3, 0.4) is 0 Å². The minimum absolute atomic E-state index is 0.0555. The van der Waals surface area contributed by atoms with Crippen LogP contribution in [0.4, 0.5) is 0 Å². The molecule has 80 valence electrons. The van der Waals surface area contributed by atoms with Gasteiger partial charge in [0.25, 0.3) is 0 Å². The van der Waals surface area contributed by atoms with Crippen molar-refractivity contribution in [2.45, 2.75) is 33.1 Å². The molecule has 0 rings (SSSR count). The van der Waals surface area contributed by atoms with Crippen LogP contribution in [0.1, 0.15) is 33.1 Å². The summed E-state index contributed by atoms with van der Waals surface area (Å²) >= 11 is 0. The van der Waals surface area contributed by atoms with E-state index in [-0.39, 0.29) is 12.2 Å². The van der Waals surface area contributed by atoms with Gasteiger partial charge in [0.05, 0.1) is 24.0 Å². The van der Waals surface area contributed by atoms with E-state index in [2.05, 4.69) is 9.44 Å². The van der Waals surface area contributed by atoms with Crippen LogP contribution in [0.5, 0.6) is 0 Å². The van der Waals surface area contributed by atoms with E-state index < -0.39 is 10.1 Å². The zero-order valence-corrected chi connectivity index (χ0v) is 9.17. The van der Waals surface area contributed by atoms with Gasteiger partial charge in [0.1, 0.15) is 0 Å². The lowest BCUT2D eigenvalue weighted by Gasteiger charge is -2.00. The van der Waals surface area contributed by atoms with Crippen LogP contribution in [-0.4, -0.2) is 19.9 Å². The van der Waals surface area contributed by atoms with Gasteiger partial charge in [-0.2, -0.15) is 13.7 Å². The number of rotatable bonds is 6. The first-order chi connectivity index (χ1) is 6.55. The molecule has 0 aliphatic heterocycles. The van der Waals surface area contributed by atoms with E-state index in [1.54, 1.807) is 13.8 Å². The summed E-state index contributed by atoms with van der Waals surface area (Å²) in [5, 5.41) is 11.8. The highest BCUT2D eigenvalue weighted by atomic mass is 32.2. The summed E-state index contributed by atoms with van der Waals surface area (Å²) in [4.78, 5) is 0. The highest BCUT2D eigenvalue weighted by Crippen LogP contribution is 2.00. The van der Waals surface area contributed by atoms with Gasteiger partial charge in [-0.3, -0.25) is 4.28 Å². The summed E-state index contributed by atoms with van der Waals surface area (Å²) in [6, 6.07) is 1.88. The average Bonchev–Trinajstić information content (AvgIpc) is 2.12. The smallest absolute Gasteiger partial charge is 0.269 e. The van der Waals surface area contributed by atoms with Crippen LogP contribution in [0.25, 0.3) is 0 Å². The molecule has 6 heteroatoms. The van der Waals surface area contributed by atoms with E-state index >= 15 is 0 Å². The molecule has 0 aliphatic carbocycles. The second kappa shape index (κ2) is 6.38. The Kier molecular flexibility index (Phi) is 5.88. The summed E-state index contributed by atoms with van der Waals surface area (Å²) in [7, 11) is -3.55. The first-order valence-corrected chi connectivity index (χ1v) is 5.97. The van der Waals surface area contributed by atoms with E-state index in [1.165, 1.54) is 0 Å². The van der Waals surface area contributed by atoms with Crippen LogP contribution in [0, 0.1) is 11.3 Å².